The van der Waals surface area contributed by atoms with Crippen LogP contribution >= 0.6 is 0 Å². The van der Waals surface area contributed by atoms with Gasteiger partial charge in [0.2, 0.25) is 0 Å². The highest BCUT2D eigenvalue weighted by Crippen LogP contribution is 2.37. The summed E-state index contributed by atoms with van der Waals surface area (Å²) in [6.45, 7) is 22.5. The summed E-state index contributed by atoms with van der Waals surface area (Å²) in [5.74, 6) is 1.00. The zero-order valence-electron chi connectivity index (χ0n) is 24.4. The average molecular weight is 561 g/mol. The summed E-state index contributed by atoms with van der Waals surface area (Å²) in [4.78, 5) is 21.7. The second-order valence-corrected chi connectivity index (χ2v) is 11.4. The fourth-order valence-electron chi connectivity index (χ4n) is 4.84. The first-order valence-electron chi connectivity index (χ1n) is 13.9. The van der Waals surface area contributed by atoms with Gasteiger partial charge >= 0.3 is 7.12 Å². The maximum Gasteiger partial charge on any atom is 0.534 e. The van der Waals surface area contributed by atoms with E-state index in [4.69, 9.17) is 37.4 Å². The predicted octanol–water partition coefficient (Wildman–Crippen LogP) is 7.94. The van der Waals surface area contributed by atoms with Gasteiger partial charge in [-0.25, -0.2) is 24.6 Å². The molecule has 1 saturated heterocycles. The van der Waals surface area contributed by atoms with Crippen molar-refractivity contribution in [2.75, 3.05) is 0 Å². The zero-order valence-corrected chi connectivity index (χ0v) is 24.4. The van der Waals surface area contributed by atoms with E-state index in [1.54, 1.807) is 0 Å². The Morgan fingerprint density at radius 1 is 0.535 bits per heavy atom. The van der Waals surface area contributed by atoms with Gasteiger partial charge in [0.15, 0.2) is 28.7 Å². The standard InChI is InChI=1S/C35H28BN5O2/c1-34(2)35(3,4)43-36(42-34)33-40-31(27-11-7-9-25(21-27)23-13-17-29(37-5)18-14-23)39-32(41-33)28-12-8-10-26(22-28)24-15-19-30(38-6)20-16-24/h7-22H,1-4H3. The monoisotopic (exact) mass is 561 g/mol. The van der Waals surface area contributed by atoms with Gasteiger partial charge in [-0.1, -0.05) is 84.9 Å². The van der Waals surface area contributed by atoms with Crippen LogP contribution in [0, 0.1) is 13.1 Å². The van der Waals surface area contributed by atoms with Crippen LogP contribution in [0.1, 0.15) is 27.7 Å². The molecule has 0 atom stereocenters. The Labute approximate surface area is 252 Å². The molecule has 8 heteroatoms. The Morgan fingerprint density at radius 2 is 0.930 bits per heavy atom. The number of rotatable bonds is 5. The SMILES string of the molecule is [C-]#[N+]c1ccc(-c2cccc(-c3nc(B4OC(C)(C)C(C)(C)O4)nc(-c4cccc(-c5ccc([N+]#[C-])cc5)c4)n3)c2)cc1. The molecule has 1 aliphatic heterocycles. The van der Waals surface area contributed by atoms with Crippen LogP contribution < -0.4 is 5.72 Å². The summed E-state index contributed by atoms with van der Waals surface area (Å²) in [6, 6.07) is 31.0. The molecule has 7 nitrogen and oxygen atoms in total. The minimum absolute atomic E-state index is 0.400. The number of nitrogens with zero attached hydrogens (tertiary/aromatic N) is 5. The van der Waals surface area contributed by atoms with E-state index in [9.17, 15) is 0 Å². The van der Waals surface area contributed by atoms with E-state index in [-0.39, 0.29) is 0 Å². The molecular formula is C35H28BN5O2. The summed E-state index contributed by atoms with van der Waals surface area (Å²) in [5, 5.41) is 0. The smallest absolute Gasteiger partial charge is 0.397 e. The van der Waals surface area contributed by atoms with Crippen LogP contribution in [0.2, 0.25) is 0 Å². The van der Waals surface area contributed by atoms with Crippen molar-refractivity contribution >= 4 is 24.2 Å². The molecule has 5 aromatic rings. The van der Waals surface area contributed by atoms with Gasteiger partial charge in [-0.05, 0) is 62.1 Å². The van der Waals surface area contributed by atoms with Gasteiger partial charge in [0.05, 0.1) is 24.3 Å². The van der Waals surface area contributed by atoms with Gasteiger partial charge in [0.25, 0.3) is 0 Å². The highest BCUT2D eigenvalue weighted by atomic mass is 16.7. The first-order valence-corrected chi connectivity index (χ1v) is 13.9. The summed E-state index contributed by atoms with van der Waals surface area (Å²) in [7, 11) is -0.765. The van der Waals surface area contributed by atoms with Gasteiger partial charge in [-0.15, -0.1) is 0 Å². The second kappa shape index (κ2) is 10.9. The lowest BCUT2D eigenvalue weighted by molar-refractivity contribution is 0.00578. The minimum Gasteiger partial charge on any atom is -0.397 e. The van der Waals surface area contributed by atoms with Crippen LogP contribution in [-0.4, -0.2) is 33.3 Å². The van der Waals surface area contributed by atoms with Crippen molar-refractivity contribution in [3.05, 3.63) is 120 Å². The maximum atomic E-state index is 7.25. The molecule has 1 aromatic heterocycles. The van der Waals surface area contributed by atoms with Gasteiger partial charge in [-0.3, -0.25) is 0 Å². The molecule has 0 radical (unpaired) electrons. The van der Waals surface area contributed by atoms with E-state index >= 15 is 0 Å². The van der Waals surface area contributed by atoms with Crippen LogP contribution in [0.5, 0.6) is 0 Å². The highest BCUT2D eigenvalue weighted by Gasteiger charge is 2.53. The number of hydrogen-bond acceptors (Lipinski definition) is 5. The average Bonchev–Trinajstić information content (AvgIpc) is 3.27. The van der Waals surface area contributed by atoms with Crippen molar-refractivity contribution in [2.24, 2.45) is 0 Å². The highest BCUT2D eigenvalue weighted by molar-refractivity contribution is 6.60. The summed E-state index contributed by atoms with van der Waals surface area (Å²) in [6.07, 6.45) is 0. The van der Waals surface area contributed by atoms with Crippen molar-refractivity contribution in [3.63, 3.8) is 0 Å². The van der Waals surface area contributed by atoms with Crippen molar-refractivity contribution in [1.82, 2.24) is 15.0 Å². The van der Waals surface area contributed by atoms with Crippen molar-refractivity contribution in [1.29, 1.82) is 0 Å². The predicted molar refractivity (Wildman–Crippen MR) is 170 cm³/mol. The summed E-state index contributed by atoms with van der Waals surface area (Å²) in [5.41, 5.74) is 6.07. The van der Waals surface area contributed by atoms with Crippen molar-refractivity contribution in [2.45, 2.75) is 38.9 Å². The third kappa shape index (κ3) is 5.55. The Morgan fingerprint density at radius 3 is 1.33 bits per heavy atom. The quantitative estimate of drug-likeness (QED) is 0.161. The van der Waals surface area contributed by atoms with Crippen LogP contribution in [0.15, 0.2) is 97.1 Å². The van der Waals surface area contributed by atoms with Crippen LogP contribution in [0.25, 0.3) is 54.7 Å². The molecule has 4 aromatic carbocycles. The molecule has 208 valence electrons. The molecule has 0 aliphatic carbocycles. The van der Waals surface area contributed by atoms with E-state index in [0.29, 0.717) is 28.7 Å². The first-order chi connectivity index (χ1) is 20.7. The molecule has 1 fully saturated rings. The third-order valence-electron chi connectivity index (χ3n) is 8.02. The number of benzene rings is 4. The molecule has 0 unspecified atom stereocenters. The van der Waals surface area contributed by atoms with Crippen LogP contribution in [0.4, 0.5) is 11.4 Å². The number of hydrogen-bond donors (Lipinski definition) is 0. The molecule has 0 bridgehead atoms. The molecular weight excluding hydrogens is 533 g/mol. The number of aromatic nitrogens is 3. The lowest BCUT2D eigenvalue weighted by atomic mass is 9.88. The zero-order chi connectivity index (χ0) is 30.2. The molecule has 43 heavy (non-hydrogen) atoms. The fourth-order valence-corrected chi connectivity index (χ4v) is 4.84. The van der Waals surface area contributed by atoms with E-state index in [2.05, 4.69) is 9.69 Å². The van der Waals surface area contributed by atoms with E-state index < -0.39 is 18.3 Å². The van der Waals surface area contributed by atoms with Crippen LogP contribution in [0.3, 0.4) is 0 Å². The lowest BCUT2D eigenvalue weighted by Gasteiger charge is -2.32. The molecule has 0 spiro atoms. The molecule has 0 saturated carbocycles. The minimum atomic E-state index is -0.765. The summed E-state index contributed by atoms with van der Waals surface area (Å²) < 4.78 is 12.7. The van der Waals surface area contributed by atoms with E-state index in [0.717, 1.165) is 33.4 Å². The van der Waals surface area contributed by atoms with Gasteiger partial charge in [-0.2, -0.15) is 0 Å². The van der Waals surface area contributed by atoms with Crippen molar-refractivity contribution in [3.8, 4) is 45.0 Å². The maximum absolute atomic E-state index is 7.25. The Hall–Kier alpha value is -5.15. The largest absolute Gasteiger partial charge is 0.534 e. The third-order valence-corrected chi connectivity index (χ3v) is 8.02. The fraction of sp³-hybridized carbons (Fsp3) is 0.171. The Kier molecular flexibility index (Phi) is 7.11. The first kappa shape index (κ1) is 28.0. The van der Waals surface area contributed by atoms with E-state index in [1.807, 2.05) is 125 Å². The van der Waals surface area contributed by atoms with Gasteiger partial charge < -0.3 is 9.31 Å². The summed E-state index contributed by atoms with van der Waals surface area (Å²) >= 11 is 0. The topological polar surface area (TPSA) is 65.8 Å². The molecule has 0 amide bonds. The van der Waals surface area contributed by atoms with Gasteiger partial charge in [0.1, 0.15) is 0 Å². The second-order valence-electron chi connectivity index (χ2n) is 11.4. The molecule has 6 rings (SSSR count). The molecule has 2 heterocycles. The molecule has 1 aliphatic rings. The molecule has 0 N–H and O–H groups in total. The Bertz CT molecular complexity index is 1770. The van der Waals surface area contributed by atoms with Gasteiger partial charge in [0, 0.05) is 11.1 Å². The lowest BCUT2D eigenvalue weighted by Crippen LogP contribution is -2.41. The van der Waals surface area contributed by atoms with E-state index in [1.165, 1.54) is 0 Å². The Balaban J connectivity index is 1.45. The normalized spacial score (nSPS) is 15.1. The van der Waals surface area contributed by atoms with Crippen LogP contribution in [-0.2, 0) is 9.31 Å². The van der Waals surface area contributed by atoms with Crippen molar-refractivity contribution < 1.29 is 9.31 Å².